The zero-order valence-corrected chi connectivity index (χ0v) is 17.4. The molecule has 3 aliphatic heterocycles. The van der Waals surface area contributed by atoms with Crippen molar-refractivity contribution >= 4 is 11.6 Å². The molecule has 4 atom stereocenters. The van der Waals surface area contributed by atoms with Crippen LogP contribution in [0.25, 0.3) is 0 Å². The Bertz CT molecular complexity index is 1010. The summed E-state index contributed by atoms with van der Waals surface area (Å²) in [6.07, 6.45) is 4.06. The Morgan fingerprint density at radius 1 is 1.10 bits per heavy atom. The standard InChI is InChI=1S/C24H27N5O2/c30-24(25-19-7-3-1-4-8-19)23-16-28-12-11-18(23)13-21(28)15-29-14-20(26-27-29)17-31-22-9-5-2-6-10-22/h1-10,14,18,21,23H,11-13,15-17H2,(H,25,30)/t18?,21-,23+/m1/s1. The zero-order valence-electron chi connectivity index (χ0n) is 17.4. The number of para-hydroxylation sites is 2. The Labute approximate surface area is 182 Å². The Balaban J connectivity index is 1.15. The third kappa shape index (κ3) is 4.61. The largest absolute Gasteiger partial charge is 0.487 e. The monoisotopic (exact) mass is 417 g/mol. The molecule has 0 aliphatic carbocycles. The van der Waals surface area contributed by atoms with Crippen molar-refractivity contribution in [3.05, 3.63) is 72.6 Å². The lowest BCUT2D eigenvalue weighted by Gasteiger charge is -2.49. The van der Waals surface area contributed by atoms with Crippen molar-refractivity contribution in [3.63, 3.8) is 0 Å². The maximum absolute atomic E-state index is 12.8. The molecule has 3 aliphatic rings. The number of nitrogens with zero attached hydrogens (tertiary/aromatic N) is 4. The molecule has 0 saturated carbocycles. The molecule has 7 nitrogen and oxygen atoms in total. The molecule has 4 heterocycles. The fraction of sp³-hybridized carbons (Fsp3) is 0.375. The van der Waals surface area contributed by atoms with Gasteiger partial charge in [-0.05, 0) is 49.6 Å². The molecule has 2 aromatic carbocycles. The summed E-state index contributed by atoms with van der Waals surface area (Å²) >= 11 is 0. The van der Waals surface area contributed by atoms with E-state index in [4.69, 9.17) is 4.74 Å². The molecular weight excluding hydrogens is 390 g/mol. The van der Waals surface area contributed by atoms with Gasteiger partial charge in [0.15, 0.2) is 0 Å². The van der Waals surface area contributed by atoms with Crippen molar-refractivity contribution in [1.82, 2.24) is 19.9 Å². The van der Waals surface area contributed by atoms with Gasteiger partial charge in [-0.3, -0.25) is 14.4 Å². The molecule has 0 radical (unpaired) electrons. The number of fused-ring (bicyclic) bond motifs is 3. The quantitative estimate of drug-likeness (QED) is 0.639. The molecule has 3 saturated heterocycles. The number of carbonyl (C=O) groups is 1. The SMILES string of the molecule is O=C(Nc1ccccc1)[C@H]1CN2CCC1C[C@@H]2Cn1cc(COc2ccccc2)nn1. The van der Waals surface area contributed by atoms with Gasteiger partial charge in [0.05, 0.1) is 18.7 Å². The van der Waals surface area contributed by atoms with E-state index in [9.17, 15) is 4.79 Å². The summed E-state index contributed by atoms with van der Waals surface area (Å²) in [6.45, 7) is 3.06. The van der Waals surface area contributed by atoms with Gasteiger partial charge in [0.2, 0.25) is 5.91 Å². The molecule has 0 spiro atoms. The Hall–Kier alpha value is -3.19. The fourth-order valence-electron chi connectivity index (χ4n) is 4.77. The molecule has 2 unspecified atom stereocenters. The van der Waals surface area contributed by atoms with E-state index in [1.807, 2.05) is 71.5 Å². The van der Waals surface area contributed by atoms with E-state index < -0.39 is 0 Å². The second-order valence-corrected chi connectivity index (χ2v) is 8.43. The first-order valence-corrected chi connectivity index (χ1v) is 10.9. The molecule has 1 N–H and O–H groups in total. The molecular formula is C24H27N5O2. The van der Waals surface area contributed by atoms with Gasteiger partial charge in [0.1, 0.15) is 18.1 Å². The second kappa shape index (κ2) is 8.89. The van der Waals surface area contributed by atoms with E-state index in [2.05, 4.69) is 20.5 Å². The first kappa shape index (κ1) is 19.8. The Morgan fingerprint density at radius 3 is 2.61 bits per heavy atom. The molecule has 160 valence electrons. The van der Waals surface area contributed by atoms with Crippen LogP contribution < -0.4 is 10.1 Å². The van der Waals surface area contributed by atoms with Gasteiger partial charge in [-0.15, -0.1) is 5.10 Å². The van der Waals surface area contributed by atoms with Crippen LogP contribution in [-0.2, 0) is 17.9 Å². The lowest BCUT2D eigenvalue weighted by Crippen LogP contribution is -2.57. The van der Waals surface area contributed by atoms with E-state index in [0.717, 1.165) is 49.6 Å². The van der Waals surface area contributed by atoms with Gasteiger partial charge >= 0.3 is 0 Å². The molecule has 31 heavy (non-hydrogen) atoms. The molecule has 1 aromatic heterocycles. The molecule has 3 fully saturated rings. The highest BCUT2D eigenvalue weighted by Gasteiger charge is 2.43. The minimum Gasteiger partial charge on any atom is -0.487 e. The van der Waals surface area contributed by atoms with Crippen LogP contribution >= 0.6 is 0 Å². The first-order chi connectivity index (χ1) is 15.2. The number of nitrogens with one attached hydrogen (secondary N) is 1. The average molecular weight is 418 g/mol. The van der Waals surface area contributed by atoms with Crippen molar-refractivity contribution in [2.75, 3.05) is 18.4 Å². The van der Waals surface area contributed by atoms with Gasteiger partial charge in [-0.1, -0.05) is 41.6 Å². The van der Waals surface area contributed by atoms with Crippen molar-refractivity contribution in [3.8, 4) is 5.75 Å². The summed E-state index contributed by atoms with van der Waals surface area (Å²) in [7, 11) is 0. The first-order valence-electron chi connectivity index (χ1n) is 10.9. The maximum Gasteiger partial charge on any atom is 0.229 e. The Morgan fingerprint density at radius 2 is 1.87 bits per heavy atom. The van der Waals surface area contributed by atoms with Crippen molar-refractivity contribution in [2.45, 2.75) is 32.0 Å². The third-order valence-corrected chi connectivity index (χ3v) is 6.37. The van der Waals surface area contributed by atoms with Crippen LogP contribution in [0.5, 0.6) is 5.75 Å². The van der Waals surface area contributed by atoms with Crippen molar-refractivity contribution in [1.29, 1.82) is 0 Å². The third-order valence-electron chi connectivity index (χ3n) is 6.37. The van der Waals surface area contributed by atoms with Gasteiger partial charge in [0.25, 0.3) is 0 Å². The number of carbonyl (C=O) groups excluding carboxylic acids is 1. The van der Waals surface area contributed by atoms with E-state index in [0.29, 0.717) is 18.6 Å². The second-order valence-electron chi connectivity index (χ2n) is 8.43. The Kier molecular flexibility index (Phi) is 5.67. The highest BCUT2D eigenvalue weighted by molar-refractivity contribution is 5.93. The molecule has 1 amide bonds. The lowest BCUT2D eigenvalue weighted by atomic mass is 9.75. The number of hydrogen-bond donors (Lipinski definition) is 1. The number of piperidine rings is 3. The van der Waals surface area contributed by atoms with E-state index >= 15 is 0 Å². The number of amides is 1. The number of ether oxygens (including phenoxy) is 1. The summed E-state index contributed by atoms with van der Waals surface area (Å²) in [5, 5.41) is 11.6. The number of aromatic nitrogens is 3. The smallest absolute Gasteiger partial charge is 0.229 e. The highest BCUT2D eigenvalue weighted by atomic mass is 16.5. The van der Waals surface area contributed by atoms with E-state index in [1.165, 1.54) is 0 Å². The molecule has 7 heteroatoms. The van der Waals surface area contributed by atoms with Crippen LogP contribution in [0.3, 0.4) is 0 Å². The predicted octanol–water partition coefficient (Wildman–Crippen LogP) is 3.21. The molecule has 3 aromatic rings. The van der Waals surface area contributed by atoms with Crippen LogP contribution in [0.1, 0.15) is 18.5 Å². The number of anilines is 1. The normalized spacial score (nSPS) is 24.6. The van der Waals surface area contributed by atoms with Crippen LogP contribution in [0.2, 0.25) is 0 Å². The summed E-state index contributed by atoms with van der Waals surface area (Å²) in [5.74, 6) is 1.44. The van der Waals surface area contributed by atoms with Gasteiger partial charge in [0, 0.05) is 18.3 Å². The minimum absolute atomic E-state index is 0.0517. The summed E-state index contributed by atoms with van der Waals surface area (Å²) in [6, 6.07) is 19.8. The fourth-order valence-corrected chi connectivity index (χ4v) is 4.77. The van der Waals surface area contributed by atoms with E-state index in [-0.39, 0.29) is 11.8 Å². The lowest BCUT2D eigenvalue weighted by molar-refractivity contribution is -0.127. The van der Waals surface area contributed by atoms with Crippen LogP contribution in [0.15, 0.2) is 66.9 Å². The van der Waals surface area contributed by atoms with Crippen molar-refractivity contribution in [2.24, 2.45) is 11.8 Å². The van der Waals surface area contributed by atoms with Gasteiger partial charge < -0.3 is 10.1 Å². The number of benzene rings is 2. The minimum atomic E-state index is 0.0517. The maximum atomic E-state index is 12.8. The summed E-state index contributed by atoms with van der Waals surface area (Å²) in [4.78, 5) is 15.3. The predicted molar refractivity (Wildman–Crippen MR) is 117 cm³/mol. The van der Waals surface area contributed by atoms with Crippen molar-refractivity contribution < 1.29 is 9.53 Å². The van der Waals surface area contributed by atoms with Crippen LogP contribution in [0.4, 0.5) is 5.69 Å². The van der Waals surface area contributed by atoms with Gasteiger partial charge in [-0.25, -0.2) is 0 Å². The zero-order chi connectivity index (χ0) is 21.0. The number of hydrogen-bond acceptors (Lipinski definition) is 5. The summed E-state index contributed by atoms with van der Waals surface area (Å²) < 4.78 is 7.67. The number of rotatable bonds is 7. The van der Waals surface area contributed by atoms with Crippen LogP contribution in [-0.4, -0.2) is 44.9 Å². The van der Waals surface area contributed by atoms with Crippen LogP contribution in [0, 0.1) is 11.8 Å². The summed E-state index contributed by atoms with van der Waals surface area (Å²) in [5.41, 5.74) is 1.69. The average Bonchev–Trinajstić information content (AvgIpc) is 3.27. The molecule has 6 rings (SSSR count). The van der Waals surface area contributed by atoms with E-state index in [1.54, 1.807) is 0 Å². The highest BCUT2D eigenvalue weighted by Crippen LogP contribution is 2.37. The molecule has 2 bridgehead atoms. The topological polar surface area (TPSA) is 72.3 Å². The van der Waals surface area contributed by atoms with Gasteiger partial charge in [-0.2, -0.15) is 0 Å².